The zero-order valence-electron chi connectivity index (χ0n) is 11.7. The summed E-state index contributed by atoms with van der Waals surface area (Å²) in [4.78, 5) is 2.21. The first-order chi connectivity index (χ1) is 7.56. The fourth-order valence-corrected chi connectivity index (χ4v) is 1.32. The lowest BCUT2D eigenvalue weighted by atomic mass is 10.2. The van der Waals surface area contributed by atoms with Crippen LogP contribution in [0.2, 0.25) is 0 Å². The molecule has 0 saturated heterocycles. The van der Waals surface area contributed by atoms with E-state index in [1.807, 2.05) is 0 Å². The molecule has 0 aliphatic carbocycles. The molecular weight excluding hydrogens is 202 g/mol. The Kier molecular flexibility index (Phi) is 9.99. The largest absolute Gasteiger partial charge is 0.366 e. The van der Waals surface area contributed by atoms with Gasteiger partial charge < -0.3 is 9.47 Å². The first-order valence-electron chi connectivity index (χ1n) is 6.44. The van der Waals surface area contributed by atoms with E-state index in [0.29, 0.717) is 25.3 Å². The summed E-state index contributed by atoms with van der Waals surface area (Å²) in [5, 5.41) is 0. The molecule has 0 radical (unpaired) electrons. The predicted molar refractivity (Wildman–Crippen MR) is 68.3 cm³/mol. The summed E-state index contributed by atoms with van der Waals surface area (Å²) < 4.78 is 11.2. The summed E-state index contributed by atoms with van der Waals surface area (Å²) >= 11 is 0. The maximum absolute atomic E-state index is 5.61. The molecule has 0 amide bonds. The molecule has 0 rings (SSSR count). The van der Waals surface area contributed by atoms with Crippen molar-refractivity contribution in [2.45, 2.75) is 41.0 Å². The molecule has 0 atom stereocenters. The minimum absolute atomic E-state index is 0.597. The maximum Gasteiger partial charge on any atom is 0.101 e. The summed E-state index contributed by atoms with van der Waals surface area (Å²) in [7, 11) is 0. The van der Waals surface area contributed by atoms with E-state index in [2.05, 4.69) is 39.5 Å². The van der Waals surface area contributed by atoms with Gasteiger partial charge in [-0.25, -0.2) is 0 Å². The number of nitrogens with zero attached hydrogens (tertiary/aromatic N) is 1. The summed E-state index contributed by atoms with van der Waals surface area (Å²) in [6.45, 7) is 14.9. The topological polar surface area (TPSA) is 21.7 Å². The van der Waals surface area contributed by atoms with E-state index < -0.39 is 0 Å². The van der Waals surface area contributed by atoms with Crippen LogP contribution in [0.1, 0.15) is 41.0 Å². The summed E-state index contributed by atoms with van der Waals surface area (Å²) in [5.41, 5.74) is 0. The SMILES string of the molecule is CCCN(COCC(C)C)COCC(C)C. The molecule has 0 aliphatic rings. The van der Waals surface area contributed by atoms with Gasteiger partial charge >= 0.3 is 0 Å². The number of ether oxygens (including phenoxy) is 2. The summed E-state index contributed by atoms with van der Waals surface area (Å²) in [6, 6.07) is 0. The standard InChI is InChI=1S/C13H29NO2/c1-6-7-14(10-15-8-12(2)3)11-16-9-13(4)5/h12-13H,6-11H2,1-5H3. The van der Waals surface area contributed by atoms with Gasteiger partial charge in [0.25, 0.3) is 0 Å². The minimum atomic E-state index is 0.597. The van der Waals surface area contributed by atoms with Crippen molar-refractivity contribution in [2.24, 2.45) is 11.8 Å². The Morgan fingerprint density at radius 1 is 0.875 bits per heavy atom. The van der Waals surface area contributed by atoms with E-state index in [1.54, 1.807) is 0 Å². The Bertz CT molecular complexity index is 135. The zero-order chi connectivity index (χ0) is 12.4. The van der Waals surface area contributed by atoms with Crippen molar-refractivity contribution in [3.8, 4) is 0 Å². The lowest BCUT2D eigenvalue weighted by molar-refractivity contribution is -0.0549. The highest BCUT2D eigenvalue weighted by Crippen LogP contribution is 1.99. The Hall–Kier alpha value is -0.120. The number of hydrogen-bond donors (Lipinski definition) is 0. The normalized spacial score (nSPS) is 12.0. The van der Waals surface area contributed by atoms with Gasteiger partial charge in [0.2, 0.25) is 0 Å². The lowest BCUT2D eigenvalue weighted by Gasteiger charge is -2.22. The van der Waals surface area contributed by atoms with Crippen molar-refractivity contribution in [1.29, 1.82) is 0 Å². The van der Waals surface area contributed by atoms with Crippen LogP contribution in [0.4, 0.5) is 0 Å². The van der Waals surface area contributed by atoms with Crippen molar-refractivity contribution < 1.29 is 9.47 Å². The highest BCUT2D eigenvalue weighted by atomic mass is 16.5. The second-order valence-electron chi connectivity index (χ2n) is 5.18. The molecule has 0 aliphatic heterocycles. The van der Waals surface area contributed by atoms with Gasteiger partial charge in [0, 0.05) is 6.54 Å². The third-order valence-corrected chi connectivity index (χ3v) is 1.99. The first-order valence-corrected chi connectivity index (χ1v) is 6.44. The first kappa shape index (κ1) is 15.9. The van der Waals surface area contributed by atoms with Crippen LogP contribution in [0.3, 0.4) is 0 Å². The molecule has 3 nitrogen and oxygen atoms in total. The van der Waals surface area contributed by atoms with Gasteiger partial charge in [0.15, 0.2) is 0 Å². The van der Waals surface area contributed by atoms with Gasteiger partial charge in [-0.1, -0.05) is 34.6 Å². The lowest BCUT2D eigenvalue weighted by Crippen LogP contribution is -2.31. The average Bonchev–Trinajstić information content (AvgIpc) is 2.16. The van der Waals surface area contributed by atoms with E-state index in [0.717, 1.165) is 26.2 Å². The zero-order valence-corrected chi connectivity index (χ0v) is 11.7. The number of rotatable bonds is 10. The molecule has 98 valence electrons. The fraction of sp³-hybridized carbons (Fsp3) is 1.00. The third-order valence-electron chi connectivity index (χ3n) is 1.99. The highest BCUT2D eigenvalue weighted by Gasteiger charge is 2.05. The van der Waals surface area contributed by atoms with Gasteiger partial charge in [-0.3, -0.25) is 4.90 Å². The fourth-order valence-electron chi connectivity index (χ4n) is 1.32. The molecule has 0 bridgehead atoms. The van der Waals surface area contributed by atoms with Crippen molar-refractivity contribution >= 4 is 0 Å². The van der Waals surface area contributed by atoms with Crippen LogP contribution in [0.15, 0.2) is 0 Å². The molecule has 0 N–H and O–H groups in total. The molecule has 0 saturated carbocycles. The Balaban J connectivity index is 3.61. The molecule has 0 aromatic heterocycles. The third kappa shape index (κ3) is 10.4. The molecular formula is C13H29NO2. The van der Waals surface area contributed by atoms with E-state index in [-0.39, 0.29) is 0 Å². The van der Waals surface area contributed by atoms with Crippen molar-refractivity contribution in [2.75, 3.05) is 33.2 Å². The molecule has 0 spiro atoms. The van der Waals surface area contributed by atoms with Gasteiger partial charge in [-0.2, -0.15) is 0 Å². The predicted octanol–water partition coefficient (Wildman–Crippen LogP) is 2.96. The van der Waals surface area contributed by atoms with Gasteiger partial charge in [-0.05, 0) is 18.3 Å². The quantitative estimate of drug-likeness (QED) is 0.540. The van der Waals surface area contributed by atoms with Crippen LogP contribution in [0.25, 0.3) is 0 Å². The van der Waals surface area contributed by atoms with Gasteiger partial charge in [0.1, 0.15) is 13.5 Å². The summed E-state index contributed by atoms with van der Waals surface area (Å²) in [5.74, 6) is 1.19. The molecule has 0 aromatic carbocycles. The second kappa shape index (κ2) is 10.1. The summed E-state index contributed by atoms with van der Waals surface area (Å²) in [6.07, 6.45) is 1.13. The molecule has 0 heterocycles. The Labute approximate surface area is 101 Å². The molecule has 0 unspecified atom stereocenters. The molecule has 0 fully saturated rings. The van der Waals surface area contributed by atoms with Crippen LogP contribution >= 0.6 is 0 Å². The van der Waals surface area contributed by atoms with Crippen LogP contribution in [-0.2, 0) is 9.47 Å². The van der Waals surface area contributed by atoms with Crippen LogP contribution < -0.4 is 0 Å². The second-order valence-corrected chi connectivity index (χ2v) is 5.18. The Morgan fingerprint density at radius 2 is 1.31 bits per heavy atom. The maximum atomic E-state index is 5.61. The Morgan fingerprint density at radius 3 is 1.62 bits per heavy atom. The van der Waals surface area contributed by atoms with Crippen molar-refractivity contribution in [3.63, 3.8) is 0 Å². The molecule has 0 aromatic rings. The monoisotopic (exact) mass is 231 g/mol. The van der Waals surface area contributed by atoms with Crippen molar-refractivity contribution in [3.05, 3.63) is 0 Å². The molecule has 16 heavy (non-hydrogen) atoms. The average molecular weight is 231 g/mol. The van der Waals surface area contributed by atoms with Gasteiger partial charge in [-0.15, -0.1) is 0 Å². The van der Waals surface area contributed by atoms with Crippen LogP contribution in [-0.4, -0.2) is 38.1 Å². The number of hydrogen-bond acceptors (Lipinski definition) is 3. The molecule has 3 heteroatoms. The van der Waals surface area contributed by atoms with Crippen LogP contribution in [0.5, 0.6) is 0 Å². The smallest absolute Gasteiger partial charge is 0.101 e. The van der Waals surface area contributed by atoms with E-state index >= 15 is 0 Å². The van der Waals surface area contributed by atoms with Crippen molar-refractivity contribution in [1.82, 2.24) is 4.90 Å². The van der Waals surface area contributed by atoms with Gasteiger partial charge in [0.05, 0.1) is 13.2 Å². The van der Waals surface area contributed by atoms with E-state index in [4.69, 9.17) is 9.47 Å². The van der Waals surface area contributed by atoms with Crippen LogP contribution in [0, 0.1) is 11.8 Å². The highest BCUT2D eigenvalue weighted by molar-refractivity contribution is 4.48. The minimum Gasteiger partial charge on any atom is -0.366 e. The van der Waals surface area contributed by atoms with E-state index in [1.165, 1.54) is 0 Å². The van der Waals surface area contributed by atoms with E-state index in [9.17, 15) is 0 Å².